The van der Waals surface area contributed by atoms with E-state index < -0.39 is 0 Å². The molecule has 1 aliphatic heterocycles. The first-order chi connectivity index (χ1) is 6.09. The van der Waals surface area contributed by atoms with Gasteiger partial charge in [0.05, 0.1) is 4.58 Å². The normalized spacial score (nSPS) is 27.3. The lowest BCUT2D eigenvalue weighted by molar-refractivity contribution is 0.241. The summed E-state index contributed by atoms with van der Waals surface area (Å²) in [5.74, 6) is 0.605. The third-order valence-electron chi connectivity index (χ3n) is 1.80. The van der Waals surface area contributed by atoms with Crippen molar-refractivity contribution in [2.75, 3.05) is 14.1 Å². The van der Waals surface area contributed by atoms with E-state index in [1.165, 1.54) is 11.8 Å². The Morgan fingerprint density at radius 3 is 2.85 bits per heavy atom. The first-order valence-corrected chi connectivity index (χ1v) is 6.12. The van der Waals surface area contributed by atoms with Gasteiger partial charge >= 0.3 is 0 Å². The Kier molecular flexibility index (Phi) is 4.19. The zero-order valence-corrected chi connectivity index (χ0v) is 9.82. The molecule has 0 bridgehead atoms. The Labute approximate surface area is 88.1 Å². The number of amides is 1. The first kappa shape index (κ1) is 11.0. The summed E-state index contributed by atoms with van der Waals surface area (Å²) in [4.78, 5) is 13.0. The van der Waals surface area contributed by atoms with Crippen molar-refractivity contribution in [3.8, 4) is 0 Å². The first-order valence-electron chi connectivity index (χ1n) is 4.29. The molecule has 2 atom stereocenters. The standard InChI is InChI=1S/C9H15NOS2/c1-7-4-5-12-8(6-7)13-9(11)10(2)3/h4-5,7-8H,6H2,1-3H3. The number of thioether (sulfide) groups is 2. The van der Waals surface area contributed by atoms with Crippen molar-refractivity contribution >= 4 is 28.8 Å². The molecule has 2 nitrogen and oxygen atoms in total. The van der Waals surface area contributed by atoms with E-state index in [9.17, 15) is 4.79 Å². The van der Waals surface area contributed by atoms with Gasteiger partial charge in [0.1, 0.15) is 0 Å². The molecule has 0 fully saturated rings. The maximum absolute atomic E-state index is 11.4. The van der Waals surface area contributed by atoms with E-state index in [4.69, 9.17) is 0 Å². The molecule has 13 heavy (non-hydrogen) atoms. The number of nitrogens with zero attached hydrogens (tertiary/aromatic N) is 1. The smallest absolute Gasteiger partial charge is 0.282 e. The average Bonchev–Trinajstić information content (AvgIpc) is 2.04. The number of hydrogen-bond acceptors (Lipinski definition) is 3. The summed E-state index contributed by atoms with van der Waals surface area (Å²) in [7, 11) is 3.59. The molecule has 0 aliphatic carbocycles. The molecule has 0 radical (unpaired) electrons. The highest BCUT2D eigenvalue weighted by atomic mass is 32.2. The molecule has 74 valence electrons. The van der Waals surface area contributed by atoms with Gasteiger partial charge in [-0.3, -0.25) is 4.79 Å². The Bertz CT molecular complexity index is 216. The summed E-state index contributed by atoms with van der Waals surface area (Å²) >= 11 is 3.18. The molecule has 1 aliphatic rings. The molecule has 4 heteroatoms. The fraction of sp³-hybridized carbons (Fsp3) is 0.667. The van der Waals surface area contributed by atoms with Gasteiger partial charge in [-0.1, -0.05) is 24.8 Å². The van der Waals surface area contributed by atoms with E-state index in [0.29, 0.717) is 10.5 Å². The van der Waals surface area contributed by atoms with Crippen molar-refractivity contribution in [2.24, 2.45) is 5.92 Å². The second-order valence-corrected chi connectivity index (χ2v) is 5.95. The molecule has 0 aromatic rings. The Hall–Kier alpha value is -0.0900. The molecule has 0 aromatic carbocycles. The van der Waals surface area contributed by atoms with E-state index >= 15 is 0 Å². The lowest BCUT2D eigenvalue weighted by Gasteiger charge is -2.21. The van der Waals surface area contributed by atoms with Crippen LogP contribution >= 0.6 is 23.5 Å². The van der Waals surface area contributed by atoms with E-state index in [1.54, 1.807) is 30.8 Å². The molecule has 2 unspecified atom stereocenters. The Morgan fingerprint density at radius 1 is 1.62 bits per heavy atom. The molecular formula is C9H15NOS2. The summed E-state index contributed by atoms with van der Waals surface area (Å²) in [6.07, 6.45) is 3.28. The summed E-state index contributed by atoms with van der Waals surface area (Å²) in [6.45, 7) is 2.18. The SMILES string of the molecule is CC1C=CSC(SC(=O)N(C)C)C1. The highest BCUT2D eigenvalue weighted by molar-refractivity contribution is 8.25. The topological polar surface area (TPSA) is 20.3 Å². The molecule has 1 amide bonds. The summed E-state index contributed by atoms with van der Waals surface area (Å²) in [5.41, 5.74) is 0. The second kappa shape index (κ2) is 4.96. The maximum Gasteiger partial charge on any atom is 0.282 e. The van der Waals surface area contributed by atoms with Crippen LogP contribution in [0.25, 0.3) is 0 Å². The van der Waals surface area contributed by atoms with Crippen LogP contribution in [0.2, 0.25) is 0 Å². The predicted molar refractivity (Wildman–Crippen MR) is 61.0 cm³/mol. The van der Waals surface area contributed by atoms with E-state index in [-0.39, 0.29) is 5.24 Å². The quantitative estimate of drug-likeness (QED) is 0.673. The van der Waals surface area contributed by atoms with Gasteiger partial charge in [-0.25, -0.2) is 0 Å². The van der Waals surface area contributed by atoms with Gasteiger partial charge in [-0.15, -0.1) is 11.8 Å². The third kappa shape index (κ3) is 3.65. The lowest BCUT2D eigenvalue weighted by Crippen LogP contribution is -2.20. The number of carbonyl (C=O) groups is 1. The van der Waals surface area contributed by atoms with Crippen LogP contribution in [0.5, 0.6) is 0 Å². The van der Waals surface area contributed by atoms with Crippen LogP contribution in [0.3, 0.4) is 0 Å². The highest BCUT2D eigenvalue weighted by Gasteiger charge is 2.20. The maximum atomic E-state index is 11.4. The second-order valence-electron chi connectivity index (χ2n) is 3.39. The highest BCUT2D eigenvalue weighted by Crippen LogP contribution is 2.35. The Morgan fingerprint density at radius 2 is 2.31 bits per heavy atom. The summed E-state index contributed by atoms with van der Waals surface area (Å²) in [5, 5.41) is 2.26. The van der Waals surface area contributed by atoms with Crippen molar-refractivity contribution in [1.29, 1.82) is 0 Å². The van der Waals surface area contributed by atoms with Gasteiger partial charge in [-0.2, -0.15) is 0 Å². The molecule has 1 heterocycles. The van der Waals surface area contributed by atoms with Gasteiger partial charge in [0, 0.05) is 14.1 Å². The zero-order chi connectivity index (χ0) is 9.84. The lowest BCUT2D eigenvalue weighted by atomic mass is 10.1. The van der Waals surface area contributed by atoms with Gasteiger partial charge in [-0.05, 0) is 17.7 Å². The number of rotatable bonds is 1. The third-order valence-corrected chi connectivity index (χ3v) is 4.25. The minimum Gasteiger partial charge on any atom is -0.340 e. The fourth-order valence-corrected chi connectivity index (χ4v) is 3.44. The van der Waals surface area contributed by atoms with Crippen LogP contribution in [0.15, 0.2) is 11.5 Å². The van der Waals surface area contributed by atoms with Gasteiger partial charge < -0.3 is 4.90 Å². The van der Waals surface area contributed by atoms with Crippen LogP contribution in [0, 0.1) is 5.92 Å². The molecule has 0 saturated carbocycles. The van der Waals surface area contributed by atoms with Crippen molar-refractivity contribution in [1.82, 2.24) is 4.90 Å². The van der Waals surface area contributed by atoms with E-state index in [1.807, 2.05) is 0 Å². The van der Waals surface area contributed by atoms with Crippen molar-refractivity contribution in [2.45, 2.75) is 17.9 Å². The number of carbonyl (C=O) groups excluding carboxylic acids is 1. The van der Waals surface area contributed by atoms with E-state index in [0.717, 1.165) is 6.42 Å². The molecule has 0 N–H and O–H groups in total. The summed E-state index contributed by atoms with van der Waals surface area (Å²) in [6, 6.07) is 0. The van der Waals surface area contributed by atoms with Crippen LogP contribution in [0.4, 0.5) is 4.79 Å². The van der Waals surface area contributed by atoms with Crippen LogP contribution < -0.4 is 0 Å². The number of hydrogen-bond donors (Lipinski definition) is 0. The molecule has 0 spiro atoms. The van der Waals surface area contributed by atoms with Crippen molar-refractivity contribution < 1.29 is 4.79 Å². The monoisotopic (exact) mass is 217 g/mol. The van der Waals surface area contributed by atoms with Crippen LogP contribution in [0.1, 0.15) is 13.3 Å². The molecule has 1 rings (SSSR count). The average molecular weight is 217 g/mol. The zero-order valence-electron chi connectivity index (χ0n) is 8.19. The Balaban J connectivity index is 2.38. The van der Waals surface area contributed by atoms with Crippen LogP contribution in [-0.4, -0.2) is 28.8 Å². The number of allylic oxidation sites excluding steroid dienone is 1. The molecule has 0 saturated heterocycles. The van der Waals surface area contributed by atoms with Crippen LogP contribution in [-0.2, 0) is 0 Å². The summed E-state index contributed by atoms with van der Waals surface area (Å²) < 4.78 is 0.398. The van der Waals surface area contributed by atoms with Gasteiger partial charge in [0.2, 0.25) is 0 Å². The van der Waals surface area contributed by atoms with Gasteiger partial charge in [0.15, 0.2) is 0 Å². The van der Waals surface area contributed by atoms with Crippen molar-refractivity contribution in [3.05, 3.63) is 11.5 Å². The largest absolute Gasteiger partial charge is 0.340 e. The minimum absolute atomic E-state index is 0.153. The molecule has 0 aromatic heterocycles. The minimum atomic E-state index is 0.153. The van der Waals surface area contributed by atoms with Crippen molar-refractivity contribution in [3.63, 3.8) is 0 Å². The molecular weight excluding hydrogens is 202 g/mol. The fourth-order valence-electron chi connectivity index (χ4n) is 0.999. The predicted octanol–water partition coefficient (Wildman–Crippen LogP) is 3.01. The van der Waals surface area contributed by atoms with E-state index in [2.05, 4.69) is 18.4 Å². The van der Waals surface area contributed by atoms with Gasteiger partial charge in [0.25, 0.3) is 5.24 Å².